The van der Waals surface area contributed by atoms with Crippen LogP contribution >= 0.6 is 0 Å². The van der Waals surface area contributed by atoms with Gasteiger partial charge in [0.25, 0.3) is 0 Å². The number of carbonyl (C=O) groups is 1. The van der Waals surface area contributed by atoms with Gasteiger partial charge in [0.15, 0.2) is 0 Å². The topological polar surface area (TPSA) is 49.8 Å². The first-order chi connectivity index (χ1) is 5.57. The minimum atomic E-state index is -0.359. The van der Waals surface area contributed by atoms with Gasteiger partial charge in [0, 0.05) is 20.7 Å². The molecule has 4 heteroatoms. The Morgan fingerprint density at radius 1 is 1.67 bits per heavy atom. The number of nitrogens with zero attached hydrogens (tertiary/aromatic N) is 1. The number of methoxy groups -OCH3 is 1. The normalized spacial score (nSPS) is 12.7. The fourth-order valence-electron chi connectivity index (χ4n) is 0.739. The Morgan fingerprint density at radius 3 is 2.67 bits per heavy atom. The van der Waals surface area contributed by atoms with Crippen LogP contribution in [0.4, 0.5) is 0 Å². The number of rotatable bonds is 5. The molecular weight excluding hydrogens is 158 g/mol. The van der Waals surface area contributed by atoms with Crippen LogP contribution in [0.5, 0.6) is 0 Å². The Morgan fingerprint density at radius 2 is 2.25 bits per heavy atom. The van der Waals surface area contributed by atoms with Gasteiger partial charge in [0.05, 0.1) is 6.10 Å². The van der Waals surface area contributed by atoms with Crippen LogP contribution in [0.1, 0.15) is 13.3 Å². The van der Waals surface area contributed by atoms with E-state index in [2.05, 4.69) is 4.74 Å². The van der Waals surface area contributed by atoms with E-state index >= 15 is 0 Å². The second-order valence-corrected chi connectivity index (χ2v) is 2.89. The molecule has 0 heterocycles. The molecule has 0 aromatic carbocycles. The highest BCUT2D eigenvalue weighted by atomic mass is 16.5. The molecule has 0 spiro atoms. The van der Waals surface area contributed by atoms with Crippen LogP contribution in [-0.4, -0.2) is 49.3 Å². The molecule has 0 saturated heterocycles. The lowest BCUT2D eigenvalue weighted by molar-refractivity contribution is -0.134. The number of hydrogen-bond donors (Lipinski definition) is 1. The van der Waals surface area contributed by atoms with Crippen molar-refractivity contribution in [1.29, 1.82) is 0 Å². The van der Waals surface area contributed by atoms with Gasteiger partial charge >= 0.3 is 0 Å². The second kappa shape index (κ2) is 5.97. The van der Waals surface area contributed by atoms with Gasteiger partial charge < -0.3 is 14.7 Å². The minimum Gasteiger partial charge on any atom is -0.393 e. The number of aliphatic hydroxyl groups excluding tert-OH is 1. The average molecular weight is 175 g/mol. The average Bonchev–Trinajstić information content (AvgIpc) is 2.00. The van der Waals surface area contributed by atoms with E-state index in [-0.39, 0.29) is 18.6 Å². The lowest BCUT2D eigenvalue weighted by Gasteiger charge is -2.17. The SMILES string of the molecule is COCC(=O)N(C)CCC(C)O. The van der Waals surface area contributed by atoms with Crippen molar-refractivity contribution in [3.05, 3.63) is 0 Å². The first kappa shape index (κ1) is 11.4. The van der Waals surface area contributed by atoms with E-state index in [1.807, 2.05) is 0 Å². The van der Waals surface area contributed by atoms with Gasteiger partial charge in [-0.25, -0.2) is 0 Å². The molecule has 0 rings (SSSR count). The van der Waals surface area contributed by atoms with Crippen molar-refractivity contribution in [2.45, 2.75) is 19.4 Å². The second-order valence-electron chi connectivity index (χ2n) is 2.89. The van der Waals surface area contributed by atoms with E-state index in [1.165, 1.54) is 7.11 Å². The Labute approximate surface area is 73.1 Å². The fraction of sp³-hybridized carbons (Fsp3) is 0.875. The summed E-state index contributed by atoms with van der Waals surface area (Å²) in [7, 11) is 3.18. The number of hydrogen-bond acceptors (Lipinski definition) is 3. The molecule has 0 aromatic rings. The van der Waals surface area contributed by atoms with Crippen molar-refractivity contribution < 1.29 is 14.6 Å². The van der Waals surface area contributed by atoms with Crippen molar-refractivity contribution >= 4 is 5.91 Å². The zero-order valence-electron chi connectivity index (χ0n) is 7.91. The highest BCUT2D eigenvalue weighted by molar-refractivity contribution is 5.77. The van der Waals surface area contributed by atoms with Gasteiger partial charge in [0.1, 0.15) is 6.61 Å². The van der Waals surface area contributed by atoms with Gasteiger partial charge in [0.2, 0.25) is 5.91 Å². The van der Waals surface area contributed by atoms with Crippen molar-refractivity contribution in [1.82, 2.24) is 4.90 Å². The lowest BCUT2D eigenvalue weighted by atomic mass is 10.3. The van der Waals surface area contributed by atoms with Crippen LogP contribution in [0, 0.1) is 0 Å². The summed E-state index contributed by atoms with van der Waals surface area (Å²) in [5.74, 6) is -0.0573. The number of likely N-dealkylation sites (N-methyl/N-ethyl adjacent to an activating group) is 1. The molecular formula is C8H17NO3. The van der Waals surface area contributed by atoms with Crippen LogP contribution in [0.25, 0.3) is 0 Å². The maximum absolute atomic E-state index is 11.1. The molecule has 1 amide bonds. The molecule has 0 saturated carbocycles. The summed E-state index contributed by atoms with van der Waals surface area (Å²) in [6.45, 7) is 2.38. The van der Waals surface area contributed by atoms with E-state index in [4.69, 9.17) is 5.11 Å². The first-order valence-corrected chi connectivity index (χ1v) is 3.99. The molecule has 0 radical (unpaired) electrons. The Bertz CT molecular complexity index is 136. The van der Waals surface area contributed by atoms with Crippen molar-refractivity contribution in [3.8, 4) is 0 Å². The number of amides is 1. The maximum Gasteiger partial charge on any atom is 0.248 e. The Hall–Kier alpha value is -0.610. The van der Waals surface area contributed by atoms with Crippen LogP contribution in [0.3, 0.4) is 0 Å². The largest absolute Gasteiger partial charge is 0.393 e. The number of carbonyl (C=O) groups excluding carboxylic acids is 1. The molecule has 0 bridgehead atoms. The van der Waals surface area contributed by atoms with Crippen molar-refractivity contribution in [3.63, 3.8) is 0 Å². The van der Waals surface area contributed by atoms with Gasteiger partial charge in [-0.3, -0.25) is 4.79 Å². The molecule has 0 aliphatic heterocycles. The standard InChI is InChI=1S/C8H17NO3/c1-7(10)4-5-9(2)8(11)6-12-3/h7,10H,4-6H2,1-3H3. The molecule has 0 aliphatic carbocycles. The molecule has 0 aromatic heterocycles. The summed E-state index contributed by atoms with van der Waals surface area (Å²) in [6.07, 6.45) is 0.245. The van der Waals surface area contributed by atoms with Crippen LogP contribution < -0.4 is 0 Å². The summed E-state index contributed by atoms with van der Waals surface area (Å²) >= 11 is 0. The highest BCUT2D eigenvalue weighted by Crippen LogP contribution is 1.93. The third kappa shape index (κ3) is 5.09. The maximum atomic E-state index is 11.1. The van der Waals surface area contributed by atoms with Crippen molar-refractivity contribution in [2.75, 3.05) is 27.3 Å². The predicted octanol–water partition coefficient (Wildman–Crippen LogP) is -0.138. The highest BCUT2D eigenvalue weighted by Gasteiger charge is 2.08. The van der Waals surface area contributed by atoms with Gasteiger partial charge in [-0.05, 0) is 13.3 Å². The first-order valence-electron chi connectivity index (χ1n) is 3.99. The summed E-state index contributed by atoms with van der Waals surface area (Å²) in [4.78, 5) is 12.6. The van der Waals surface area contributed by atoms with Gasteiger partial charge in [-0.15, -0.1) is 0 Å². The van der Waals surface area contributed by atoms with E-state index < -0.39 is 0 Å². The molecule has 72 valence electrons. The van der Waals surface area contributed by atoms with E-state index in [1.54, 1.807) is 18.9 Å². The smallest absolute Gasteiger partial charge is 0.248 e. The predicted molar refractivity (Wildman–Crippen MR) is 45.8 cm³/mol. The Balaban J connectivity index is 3.56. The lowest BCUT2D eigenvalue weighted by Crippen LogP contribution is -2.32. The number of ether oxygens (including phenoxy) is 1. The molecule has 1 atom stereocenters. The quantitative estimate of drug-likeness (QED) is 0.633. The number of aliphatic hydroxyl groups is 1. The van der Waals surface area contributed by atoms with E-state index in [9.17, 15) is 4.79 Å². The zero-order valence-corrected chi connectivity index (χ0v) is 7.91. The minimum absolute atomic E-state index is 0.0573. The molecule has 1 N–H and O–H groups in total. The van der Waals surface area contributed by atoms with E-state index in [0.717, 1.165) is 0 Å². The van der Waals surface area contributed by atoms with Gasteiger partial charge in [-0.2, -0.15) is 0 Å². The summed E-state index contributed by atoms with van der Waals surface area (Å²) in [6, 6.07) is 0. The fourth-order valence-corrected chi connectivity index (χ4v) is 0.739. The third-order valence-corrected chi connectivity index (χ3v) is 1.58. The molecule has 12 heavy (non-hydrogen) atoms. The monoisotopic (exact) mass is 175 g/mol. The third-order valence-electron chi connectivity index (χ3n) is 1.58. The summed E-state index contributed by atoms with van der Waals surface area (Å²) in [5.41, 5.74) is 0. The molecule has 0 fully saturated rings. The zero-order chi connectivity index (χ0) is 9.56. The summed E-state index contributed by atoms with van der Waals surface area (Å²) < 4.78 is 4.68. The summed E-state index contributed by atoms with van der Waals surface area (Å²) in [5, 5.41) is 8.94. The van der Waals surface area contributed by atoms with Crippen LogP contribution in [-0.2, 0) is 9.53 Å². The molecule has 1 unspecified atom stereocenters. The molecule has 0 aliphatic rings. The van der Waals surface area contributed by atoms with E-state index in [0.29, 0.717) is 13.0 Å². The van der Waals surface area contributed by atoms with Crippen LogP contribution in [0.15, 0.2) is 0 Å². The molecule has 4 nitrogen and oxygen atoms in total. The van der Waals surface area contributed by atoms with Crippen LogP contribution in [0.2, 0.25) is 0 Å². The Kier molecular flexibility index (Phi) is 5.66. The van der Waals surface area contributed by atoms with Crippen molar-refractivity contribution in [2.24, 2.45) is 0 Å². The van der Waals surface area contributed by atoms with Gasteiger partial charge in [-0.1, -0.05) is 0 Å².